The average molecular weight is 453 g/mol. The van der Waals surface area contributed by atoms with Gasteiger partial charge in [0.2, 0.25) is 0 Å². The maximum Gasteiger partial charge on any atom is 0.343 e. The predicted molar refractivity (Wildman–Crippen MR) is 113 cm³/mol. The number of carbonyl (C=O) groups is 2. The molecule has 7 heteroatoms. The van der Waals surface area contributed by atoms with Crippen LogP contribution >= 0.6 is 15.9 Å². The van der Waals surface area contributed by atoms with Gasteiger partial charge in [0.15, 0.2) is 0 Å². The highest BCUT2D eigenvalue weighted by molar-refractivity contribution is 9.10. The van der Waals surface area contributed by atoms with Crippen LogP contribution in [0.5, 0.6) is 11.5 Å². The zero-order valence-electron chi connectivity index (χ0n) is 15.4. The first-order chi connectivity index (χ1) is 13.9. The molecule has 6 nitrogen and oxygen atoms in total. The van der Waals surface area contributed by atoms with Gasteiger partial charge < -0.3 is 9.84 Å². The summed E-state index contributed by atoms with van der Waals surface area (Å²) in [6.07, 6.45) is 1.39. The number of ether oxygens (including phenoxy) is 1. The lowest BCUT2D eigenvalue weighted by atomic mass is 10.1. The molecule has 0 bridgehead atoms. The summed E-state index contributed by atoms with van der Waals surface area (Å²) in [5, 5.41) is 13.2. The molecule has 0 unspecified atom stereocenters. The van der Waals surface area contributed by atoms with Crippen molar-refractivity contribution >= 4 is 34.0 Å². The Hall–Kier alpha value is -3.45. The third kappa shape index (κ3) is 5.52. The van der Waals surface area contributed by atoms with Gasteiger partial charge in [-0.25, -0.2) is 10.2 Å². The molecule has 0 saturated heterocycles. The lowest BCUT2D eigenvalue weighted by Crippen LogP contribution is -2.17. The topological polar surface area (TPSA) is 88.0 Å². The summed E-state index contributed by atoms with van der Waals surface area (Å²) in [5.74, 6) is -0.551. The SMILES string of the molecule is Cc1ccc(C(=O)Oc2ccc(Br)cc2/C=N/NC(=O)c2ccc(O)cc2)cc1. The Kier molecular flexibility index (Phi) is 6.41. The lowest BCUT2D eigenvalue weighted by Gasteiger charge is -2.08. The van der Waals surface area contributed by atoms with Crippen LogP contribution in [-0.4, -0.2) is 23.2 Å². The highest BCUT2D eigenvalue weighted by atomic mass is 79.9. The van der Waals surface area contributed by atoms with E-state index in [1.54, 1.807) is 30.3 Å². The van der Waals surface area contributed by atoms with Gasteiger partial charge in [-0.2, -0.15) is 5.10 Å². The van der Waals surface area contributed by atoms with Gasteiger partial charge in [0, 0.05) is 15.6 Å². The van der Waals surface area contributed by atoms with Crippen molar-refractivity contribution in [3.8, 4) is 11.5 Å². The molecular formula is C22H17BrN2O4. The second-order valence-electron chi connectivity index (χ2n) is 6.18. The number of hydrazone groups is 1. The number of phenolic OH excluding ortho intramolecular Hbond substituents is 1. The van der Waals surface area contributed by atoms with Crippen molar-refractivity contribution in [2.24, 2.45) is 5.10 Å². The fourth-order valence-corrected chi connectivity index (χ4v) is 2.78. The Balaban J connectivity index is 1.73. The fraction of sp³-hybridized carbons (Fsp3) is 0.0455. The van der Waals surface area contributed by atoms with Crippen molar-refractivity contribution < 1.29 is 19.4 Å². The van der Waals surface area contributed by atoms with Gasteiger partial charge in [-0.05, 0) is 61.5 Å². The molecule has 146 valence electrons. The van der Waals surface area contributed by atoms with Crippen molar-refractivity contribution in [3.05, 3.63) is 93.5 Å². The fourth-order valence-electron chi connectivity index (χ4n) is 2.40. The van der Waals surface area contributed by atoms with Crippen LogP contribution in [-0.2, 0) is 0 Å². The standard InChI is InChI=1S/C22H17BrN2O4/c1-14-2-4-16(5-3-14)22(28)29-20-11-8-18(23)12-17(20)13-24-25-21(27)15-6-9-19(26)10-7-15/h2-13,26H,1H3,(H,25,27)/b24-13+. The number of esters is 1. The van der Waals surface area contributed by atoms with Crippen LogP contribution in [0.3, 0.4) is 0 Å². The van der Waals surface area contributed by atoms with Gasteiger partial charge in [0.25, 0.3) is 5.91 Å². The molecule has 0 fully saturated rings. The molecule has 1 amide bonds. The first-order valence-corrected chi connectivity index (χ1v) is 9.42. The molecule has 0 aliphatic carbocycles. The summed E-state index contributed by atoms with van der Waals surface area (Å²) in [6.45, 7) is 1.94. The number of rotatable bonds is 5. The monoisotopic (exact) mass is 452 g/mol. The van der Waals surface area contributed by atoms with Crippen LogP contribution in [0.2, 0.25) is 0 Å². The van der Waals surface area contributed by atoms with Crippen LogP contribution in [0.4, 0.5) is 0 Å². The highest BCUT2D eigenvalue weighted by Crippen LogP contribution is 2.23. The third-order valence-electron chi connectivity index (χ3n) is 3.96. The number of halogens is 1. The number of nitrogens with zero attached hydrogens (tertiary/aromatic N) is 1. The zero-order valence-corrected chi connectivity index (χ0v) is 17.0. The van der Waals surface area contributed by atoms with Crippen LogP contribution in [0.15, 0.2) is 76.3 Å². The minimum atomic E-state index is -0.491. The normalized spacial score (nSPS) is 10.7. The third-order valence-corrected chi connectivity index (χ3v) is 4.45. The molecule has 29 heavy (non-hydrogen) atoms. The average Bonchev–Trinajstić information content (AvgIpc) is 2.70. The van der Waals surface area contributed by atoms with Crippen molar-refractivity contribution in [3.63, 3.8) is 0 Å². The molecule has 0 heterocycles. The molecule has 0 radical (unpaired) electrons. The number of aryl methyl sites for hydroxylation is 1. The van der Waals surface area contributed by atoms with Gasteiger partial charge in [0.05, 0.1) is 11.8 Å². The Morgan fingerprint density at radius 2 is 1.66 bits per heavy atom. The van der Waals surface area contributed by atoms with Gasteiger partial charge in [-0.1, -0.05) is 33.6 Å². The number of amides is 1. The first-order valence-electron chi connectivity index (χ1n) is 8.63. The van der Waals surface area contributed by atoms with E-state index in [1.165, 1.54) is 30.5 Å². The van der Waals surface area contributed by atoms with E-state index in [0.717, 1.165) is 10.0 Å². The van der Waals surface area contributed by atoms with Gasteiger partial charge >= 0.3 is 5.97 Å². The molecule has 0 aliphatic heterocycles. The van der Waals surface area contributed by atoms with E-state index in [1.807, 2.05) is 19.1 Å². The van der Waals surface area contributed by atoms with E-state index >= 15 is 0 Å². The number of phenols is 1. The number of aromatic hydroxyl groups is 1. The molecule has 0 atom stereocenters. The van der Waals surface area contributed by atoms with E-state index in [4.69, 9.17) is 4.74 Å². The van der Waals surface area contributed by atoms with E-state index in [0.29, 0.717) is 22.4 Å². The van der Waals surface area contributed by atoms with Crippen LogP contribution < -0.4 is 10.2 Å². The summed E-state index contributed by atoms with van der Waals surface area (Å²) < 4.78 is 6.25. The number of benzene rings is 3. The van der Waals surface area contributed by atoms with Gasteiger partial charge in [-0.3, -0.25) is 4.79 Å². The summed E-state index contributed by atoms with van der Waals surface area (Å²) in [5.41, 5.74) is 4.73. The van der Waals surface area contributed by atoms with Gasteiger partial charge in [0.1, 0.15) is 11.5 Å². The summed E-state index contributed by atoms with van der Waals surface area (Å²) in [6, 6.07) is 17.9. The minimum absolute atomic E-state index is 0.0687. The Morgan fingerprint density at radius 3 is 2.34 bits per heavy atom. The molecule has 0 spiro atoms. The van der Waals surface area contributed by atoms with E-state index in [2.05, 4.69) is 26.5 Å². The molecular weight excluding hydrogens is 436 g/mol. The molecule has 3 aromatic rings. The van der Waals surface area contributed by atoms with Crippen molar-refractivity contribution in [1.29, 1.82) is 0 Å². The number of carbonyl (C=O) groups excluding carboxylic acids is 2. The highest BCUT2D eigenvalue weighted by Gasteiger charge is 2.12. The lowest BCUT2D eigenvalue weighted by molar-refractivity contribution is 0.0734. The second-order valence-corrected chi connectivity index (χ2v) is 7.10. The molecule has 3 aromatic carbocycles. The summed E-state index contributed by atoms with van der Waals surface area (Å²) in [4.78, 5) is 24.5. The maximum absolute atomic E-state index is 12.4. The molecule has 3 rings (SSSR count). The molecule has 0 aromatic heterocycles. The Bertz CT molecular complexity index is 1060. The quantitative estimate of drug-likeness (QED) is 0.259. The minimum Gasteiger partial charge on any atom is -0.508 e. The van der Waals surface area contributed by atoms with E-state index < -0.39 is 11.9 Å². The molecule has 2 N–H and O–H groups in total. The largest absolute Gasteiger partial charge is 0.508 e. The van der Waals surface area contributed by atoms with Crippen molar-refractivity contribution in [2.75, 3.05) is 0 Å². The summed E-state index contributed by atoms with van der Waals surface area (Å²) in [7, 11) is 0. The van der Waals surface area contributed by atoms with Gasteiger partial charge in [-0.15, -0.1) is 0 Å². The zero-order chi connectivity index (χ0) is 20.8. The van der Waals surface area contributed by atoms with Crippen LogP contribution in [0.25, 0.3) is 0 Å². The second kappa shape index (κ2) is 9.16. The van der Waals surface area contributed by atoms with Crippen LogP contribution in [0.1, 0.15) is 31.8 Å². The first kappa shape index (κ1) is 20.3. The smallest absolute Gasteiger partial charge is 0.343 e. The predicted octanol–water partition coefficient (Wildman–Crippen LogP) is 4.45. The number of hydrogen-bond donors (Lipinski definition) is 2. The summed E-state index contributed by atoms with van der Waals surface area (Å²) >= 11 is 3.37. The Morgan fingerprint density at radius 1 is 1.00 bits per heavy atom. The number of hydrogen-bond acceptors (Lipinski definition) is 5. The molecule has 0 saturated carbocycles. The maximum atomic E-state index is 12.4. The van der Waals surface area contributed by atoms with Crippen molar-refractivity contribution in [2.45, 2.75) is 6.92 Å². The van der Waals surface area contributed by atoms with E-state index in [-0.39, 0.29) is 5.75 Å². The van der Waals surface area contributed by atoms with Crippen LogP contribution in [0, 0.1) is 6.92 Å². The molecule has 0 aliphatic rings. The Labute approximate surface area is 176 Å². The van der Waals surface area contributed by atoms with Crippen molar-refractivity contribution in [1.82, 2.24) is 5.43 Å². The number of nitrogens with one attached hydrogen (secondary N) is 1. The van der Waals surface area contributed by atoms with E-state index in [9.17, 15) is 14.7 Å².